The predicted molar refractivity (Wildman–Crippen MR) is 54.0 cm³/mol. The Hall–Kier alpha value is -1.46. The molecule has 0 unspecified atom stereocenters. The highest BCUT2D eigenvalue weighted by molar-refractivity contribution is 6.19. The van der Waals surface area contributed by atoms with E-state index in [0.717, 1.165) is 6.20 Å². The lowest BCUT2D eigenvalue weighted by atomic mass is 10.1. The molecule has 0 N–H and O–H groups in total. The number of ether oxygens (including phenoxy) is 1. The summed E-state index contributed by atoms with van der Waals surface area (Å²) in [6.45, 7) is 1.99. The average Bonchev–Trinajstić information content (AvgIpc) is 2.11. The first-order chi connectivity index (χ1) is 7.20. The summed E-state index contributed by atoms with van der Waals surface area (Å²) in [5, 5.41) is 0. The van der Waals surface area contributed by atoms with Gasteiger partial charge in [-0.1, -0.05) is 0 Å². The van der Waals surface area contributed by atoms with Crippen molar-refractivity contribution >= 4 is 11.8 Å². The van der Waals surface area contributed by atoms with E-state index < -0.39 is 23.2 Å². The molecule has 0 aromatic rings. The number of alkyl halides is 2. The fourth-order valence-corrected chi connectivity index (χ4v) is 0.908. The third-order valence-electron chi connectivity index (χ3n) is 1.53. The number of carbonyl (C=O) groups excluding carboxylic acids is 2. The summed E-state index contributed by atoms with van der Waals surface area (Å²) in [6.07, 6.45) is 1.03. The van der Waals surface area contributed by atoms with Crippen LogP contribution in [0.15, 0.2) is 11.8 Å². The monoisotopic (exact) mass is 235 g/mol. The van der Waals surface area contributed by atoms with Gasteiger partial charge in [-0.05, 0) is 6.92 Å². The summed E-state index contributed by atoms with van der Waals surface area (Å²) < 4.78 is 30.1. The quantitative estimate of drug-likeness (QED) is 0.311. The Morgan fingerprint density at radius 2 is 1.88 bits per heavy atom. The zero-order chi connectivity index (χ0) is 12.9. The molecule has 0 spiro atoms. The van der Waals surface area contributed by atoms with E-state index in [4.69, 9.17) is 0 Å². The molecule has 0 radical (unpaired) electrons. The largest absolute Gasteiger partial charge is 0.462 e. The summed E-state index contributed by atoms with van der Waals surface area (Å²) in [4.78, 5) is 23.9. The Bertz CT molecular complexity index is 306. The Balaban J connectivity index is 5.12. The topological polar surface area (TPSA) is 46.6 Å². The number of carbonyl (C=O) groups is 2. The zero-order valence-electron chi connectivity index (χ0n) is 9.71. The van der Waals surface area contributed by atoms with Crippen LogP contribution in [0.2, 0.25) is 0 Å². The van der Waals surface area contributed by atoms with Crippen LogP contribution >= 0.6 is 0 Å². The standard InChI is InChI=1S/C10H15F2NO3/c1-5-16-9(15)7(6-13(3)4)8(14)10(2,11)12/h6H,5H2,1-4H3. The van der Waals surface area contributed by atoms with Crippen LogP contribution in [-0.4, -0.2) is 43.3 Å². The highest BCUT2D eigenvalue weighted by Crippen LogP contribution is 2.19. The fraction of sp³-hybridized carbons (Fsp3) is 0.600. The molecule has 0 saturated heterocycles. The lowest BCUT2D eigenvalue weighted by Crippen LogP contribution is -2.31. The van der Waals surface area contributed by atoms with Crippen molar-refractivity contribution in [2.45, 2.75) is 19.8 Å². The van der Waals surface area contributed by atoms with E-state index in [9.17, 15) is 18.4 Å². The van der Waals surface area contributed by atoms with E-state index in [2.05, 4.69) is 4.74 Å². The molecule has 92 valence electrons. The van der Waals surface area contributed by atoms with Gasteiger partial charge in [-0.25, -0.2) is 4.79 Å². The van der Waals surface area contributed by atoms with Crippen LogP contribution in [-0.2, 0) is 14.3 Å². The van der Waals surface area contributed by atoms with Crippen LogP contribution in [0, 0.1) is 0 Å². The van der Waals surface area contributed by atoms with Gasteiger partial charge in [0.2, 0.25) is 5.78 Å². The van der Waals surface area contributed by atoms with Crippen LogP contribution in [0.25, 0.3) is 0 Å². The van der Waals surface area contributed by atoms with Gasteiger partial charge in [0.1, 0.15) is 5.57 Å². The normalized spacial score (nSPS) is 12.2. The van der Waals surface area contributed by atoms with Crippen molar-refractivity contribution in [1.29, 1.82) is 0 Å². The molecule has 0 aliphatic heterocycles. The first kappa shape index (κ1) is 14.5. The van der Waals surface area contributed by atoms with Gasteiger partial charge in [-0.3, -0.25) is 4.79 Å². The van der Waals surface area contributed by atoms with Gasteiger partial charge in [-0.15, -0.1) is 0 Å². The summed E-state index contributed by atoms with van der Waals surface area (Å²) in [6, 6.07) is 0. The zero-order valence-corrected chi connectivity index (χ0v) is 9.71. The maximum atomic E-state index is 12.8. The Labute approximate surface area is 92.9 Å². The van der Waals surface area contributed by atoms with Crippen LogP contribution in [0.3, 0.4) is 0 Å². The molecule has 16 heavy (non-hydrogen) atoms. The lowest BCUT2D eigenvalue weighted by molar-refractivity contribution is -0.145. The average molecular weight is 235 g/mol. The van der Waals surface area contributed by atoms with E-state index in [1.54, 1.807) is 0 Å². The first-order valence-electron chi connectivity index (χ1n) is 4.68. The van der Waals surface area contributed by atoms with Crippen molar-refractivity contribution in [3.63, 3.8) is 0 Å². The SMILES string of the molecule is CCOC(=O)C(=CN(C)C)C(=O)C(C)(F)F. The molecule has 0 fully saturated rings. The van der Waals surface area contributed by atoms with Crippen LogP contribution < -0.4 is 0 Å². The van der Waals surface area contributed by atoms with Crippen molar-refractivity contribution < 1.29 is 23.1 Å². The van der Waals surface area contributed by atoms with Crippen LogP contribution in [0.4, 0.5) is 8.78 Å². The number of hydrogen-bond donors (Lipinski definition) is 0. The number of rotatable bonds is 5. The Kier molecular flexibility index (Phi) is 5.07. The molecule has 0 aliphatic rings. The third-order valence-corrected chi connectivity index (χ3v) is 1.53. The lowest BCUT2D eigenvalue weighted by Gasteiger charge is -2.13. The van der Waals surface area contributed by atoms with Crippen molar-refractivity contribution in [2.24, 2.45) is 0 Å². The van der Waals surface area contributed by atoms with E-state index in [1.165, 1.54) is 25.9 Å². The molecule has 0 atom stereocenters. The van der Waals surface area contributed by atoms with Gasteiger partial charge < -0.3 is 9.64 Å². The van der Waals surface area contributed by atoms with Crippen LogP contribution in [0.5, 0.6) is 0 Å². The summed E-state index contributed by atoms with van der Waals surface area (Å²) in [5.74, 6) is -6.17. The van der Waals surface area contributed by atoms with E-state index in [-0.39, 0.29) is 6.61 Å². The Morgan fingerprint density at radius 3 is 2.19 bits per heavy atom. The first-order valence-corrected chi connectivity index (χ1v) is 4.68. The number of hydrogen-bond acceptors (Lipinski definition) is 4. The molecule has 0 saturated carbocycles. The molecular formula is C10H15F2NO3. The molecule has 0 rings (SSSR count). The number of esters is 1. The smallest absolute Gasteiger partial charge is 0.343 e. The number of ketones is 1. The molecule has 0 heterocycles. The van der Waals surface area contributed by atoms with Gasteiger partial charge >= 0.3 is 11.9 Å². The van der Waals surface area contributed by atoms with Crippen molar-refractivity contribution in [1.82, 2.24) is 4.90 Å². The van der Waals surface area contributed by atoms with Gasteiger partial charge in [-0.2, -0.15) is 8.78 Å². The molecule has 6 heteroatoms. The molecular weight excluding hydrogens is 220 g/mol. The second kappa shape index (κ2) is 5.58. The molecule has 0 aromatic heterocycles. The highest BCUT2D eigenvalue weighted by Gasteiger charge is 2.38. The Morgan fingerprint density at radius 1 is 1.38 bits per heavy atom. The fourth-order valence-electron chi connectivity index (χ4n) is 0.908. The van der Waals surface area contributed by atoms with Crippen molar-refractivity contribution in [3.05, 3.63) is 11.8 Å². The number of nitrogens with zero attached hydrogens (tertiary/aromatic N) is 1. The number of halogens is 2. The molecule has 0 aliphatic carbocycles. The molecule has 0 bridgehead atoms. The summed E-state index contributed by atoms with van der Waals surface area (Å²) in [7, 11) is 3.03. The van der Waals surface area contributed by atoms with Gasteiger partial charge in [0.15, 0.2) is 0 Å². The van der Waals surface area contributed by atoms with Gasteiger partial charge in [0.25, 0.3) is 0 Å². The van der Waals surface area contributed by atoms with Crippen LogP contribution in [0.1, 0.15) is 13.8 Å². The van der Waals surface area contributed by atoms with E-state index in [1.807, 2.05) is 0 Å². The maximum Gasteiger partial charge on any atom is 0.343 e. The number of Topliss-reactive ketones (excluding diaryl/α,β-unsaturated/α-hetero) is 1. The summed E-state index contributed by atoms with van der Waals surface area (Å²) >= 11 is 0. The second-order valence-corrected chi connectivity index (χ2v) is 3.44. The van der Waals surface area contributed by atoms with Gasteiger partial charge in [0.05, 0.1) is 6.61 Å². The molecule has 4 nitrogen and oxygen atoms in total. The third kappa shape index (κ3) is 4.37. The minimum atomic E-state index is -3.59. The van der Waals surface area contributed by atoms with E-state index >= 15 is 0 Å². The van der Waals surface area contributed by atoms with Crippen molar-refractivity contribution in [2.75, 3.05) is 20.7 Å². The highest BCUT2D eigenvalue weighted by atomic mass is 19.3. The predicted octanol–water partition coefficient (Wildman–Crippen LogP) is 1.22. The maximum absolute atomic E-state index is 12.8. The van der Waals surface area contributed by atoms with E-state index in [0.29, 0.717) is 6.92 Å². The van der Waals surface area contributed by atoms with Crippen molar-refractivity contribution in [3.8, 4) is 0 Å². The molecule has 0 aromatic carbocycles. The summed E-state index contributed by atoms with van der Waals surface area (Å²) in [5.41, 5.74) is -0.653. The minimum absolute atomic E-state index is 0.0200. The minimum Gasteiger partial charge on any atom is -0.462 e. The second-order valence-electron chi connectivity index (χ2n) is 3.44. The van der Waals surface area contributed by atoms with Gasteiger partial charge in [0, 0.05) is 27.2 Å². The molecule has 0 amide bonds.